The summed E-state index contributed by atoms with van der Waals surface area (Å²) in [6.45, 7) is 2.15. The first-order valence-electron chi connectivity index (χ1n) is 5.07. The maximum absolute atomic E-state index is 12.9. The third kappa shape index (κ3) is 4.64. The van der Waals surface area contributed by atoms with Crippen molar-refractivity contribution >= 4 is 5.97 Å². The Bertz CT molecular complexity index is 385. The zero-order valence-electron chi connectivity index (χ0n) is 10.2. The molecule has 0 aliphatic carbocycles. The van der Waals surface area contributed by atoms with E-state index in [2.05, 4.69) is 4.74 Å². The van der Waals surface area contributed by atoms with Crippen LogP contribution in [0.5, 0.6) is 0 Å². The van der Waals surface area contributed by atoms with Gasteiger partial charge in [0.05, 0.1) is 6.42 Å². The lowest BCUT2D eigenvalue weighted by atomic mass is 10.1. The molecule has 0 aliphatic rings. The second-order valence-corrected chi connectivity index (χ2v) is 3.79. The average molecular weight is 314 g/mol. The molecule has 0 rings (SSSR count). The van der Waals surface area contributed by atoms with Crippen LogP contribution in [0, 0.1) is 0 Å². The number of hydrogen-bond acceptors (Lipinski definition) is 2. The van der Waals surface area contributed by atoms with Crippen molar-refractivity contribution < 1.29 is 44.7 Å². The SMILES string of the molecule is CC=C(C)C(=O)OC(F)(F)C(F)(F)C(F)CC(F)(F)F. The fraction of sp³-hybridized carbons (Fsp3) is 0.700. The standard InChI is InChI=1S/C10H10F8O2/c1-3-5(2)7(19)20-10(17,18)9(15,16)6(11)4-8(12,13)14/h3,6H,4H2,1-2H3. The lowest BCUT2D eigenvalue weighted by Crippen LogP contribution is -2.51. The van der Waals surface area contributed by atoms with Crippen molar-refractivity contribution in [2.75, 3.05) is 0 Å². The molecule has 0 saturated heterocycles. The molecule has 0 bridgehead atoms. The molecule has 10 heteroatoms. The Morgan fingerprint density at radius 1 is 1.15 bits per heavy atom. The number of hydrogen-bond donors (Lipinski definition) is 0. The largest absolute Gasteiger partial charge is 0.469 e. The lowest BCUT2D eigenvalue weighted by molar-refractivity contribution is -0.350. The predicted molar refractivity (Wildman–Crippen MR) is 51.0 cm³/mol. The minimum atomic E-state index is -5.81. The van der Waals surface area contributed by atoms with Crippen LogP contribution >= 0.6 is 0 Å². The molecule has 0 aliphatic heterocycles. The second-order valence-electron chi connectivity index (χ2n) is 3.79. The Morgan fingerprint density at radius 3 is 1.95 bits per heavy atom. The molecule has 0 heterocycles. The molecular weight excluding hydrogens is 304 g/mol. The topological polar surface area (TPSA) is 26.3 Å². The van der Waals surface area contributed by atoms with Gasteiger partial charge < -0.3 is 4.74 Å². The smallest absolute Gasteiger partial charge is 0.393 e. The number of rotatable bonds is 5. The van der Waals surface area contributed by atoms with Crippen LogP contribution in [0.25, 0.3) is 0 Å². The number of esters is 1. The average Bonchev–Trinajstić information content (AvgIpc) is 2.24. The van der Waals surface area contributed by atoms with Gasteiger partial charge in [-0.1, -0.05) is 6.08 Å². The van der Waals surface area contributed by atoms with Crippen molar-refractivity contribution in [2.45, 2.75) is 44.6 Å². The summed E-state index contributed by atoms with van der Waals surface area (Å²) in [6, 6.07) is 0. The molecule has 0 N–H and O–H groups in total. The van der Waals surface area contributed by atoms with Crippen LogP contribution in [-0.4, -0.2) is 30.3 Å². The predicted octanol–water partition coefficient (Wildman–Crippen LogP) is 4.01. The third-order valence-corrected chi connectivity index (χ3v) is 2.17. The van der Waals surface area contributed by atoms with Gasteiger partial charge in [-0.2, -0.15) is 30.7 Å². The van der Waals surface area contributed by atoms with Crippen molar-refractivity contribution in [1.82, 2.24) is 0 Å². The van der Waals surface area contributed by atoms with Crippen molar-refractivity contribution in [2.24, 2.45) is 0 Å². The molecule has 1 atom stereocenters. The Hall–Kier alpha value is -1.35. The molecule has 0 amide bonds. The van der Waals surface area contributed by atoms with Crippen LogP contribution in [0.4, 0.5) is 35.1 Å². The summed E-state index contributed by atoms with van der Waals surface area (Å²) < 4.78 is 103. The van der Waals surface area contributed by atoms with Crippen molar-refractivity contribution in [3.8, 4) is 0 Å². The maximum atomic E-state index is 12.9. The second kappa shape index (κ2) is 5.96. The number of carbonyl (C=O) groups is 1. The van der Waals surface area contributed by atoms with Gasteiger partial charge in [-0.15, -0.1) is 0 Å². The minimum absolute atomic E-state index is 0.494. The molecule has 0 aromatic heterocycles. The molecule has 2 nitrogen and oxygen atoms in total. The van der Waals surface area contributed by atoms with Crippen LogP contribution in [0.1, 0.15) is 20.3 Å². The molecule has 0 saturated carbocycles. The van der Waals surface area contributed by atoms with E-state index < -0.39 is 42.3 Å². The number of alkyl halides is 8. The van der Waals surface area contributed by atoms with Crippen LogP contribution in [0.15, 0.2) is 11.6 Å². The zero-order valence-corrected chi connectivity index (χ0v) is 10.2. The molecular formula is C10H10F8O2. The van der Waals surface area contributed by atoms with Gasteiger partial charge in [-0.25, -0.2) is 9.18 Å². The number of allylic oxidation sites excluding steroid dienone is 1. The van der Waals surface area contributed by atoms with Crippen LogP contribution in [0.3, 0.4) is 0 Å². The summed E-state index contributed by atoms with van der Waals surface area (Å²) in [5, 5.41) is 0. The van der Waals surface area contributed by atoms with E-state index in [4.69, 9.17) is 0 Å². The van der Waals surface area contributed by atoms with E-state index in [0.717, 1.165) is 13.0 Å². The monoisotopic (exact) mass is 314 g/mol. The Labute approximate surface area is 108 Å². The molecule has 0 fully saturated rings. The van der Waals surface area contributed by atoms with Crippen LogP contribution in [0.2, 0.25) is 0 Å². The summed E-state index contributed by atoms with van der Waals surface area (Å²) in [6.07, 6.45) is -17.2. The van der Waals surface area contributed by atoms with Crippen molar-refractivity contribution in [3.63, 3.8) is 0 Å². The van der Waals surface area contributed by atoms with Gasteiger partial charge in [0.25, 0.3) is 0 Å². The van der Waals surface area contributed by atoms with Crippen molar-refractivity contribution in [1.29, 1.82) is 0 Å². The summed E-state index contributed by atoms with van der Waals surface area (Å²) in [7, 11) is 0. The fourth-order valence-electron chi connectivity index (χ4n) is 0.897. The highest BCUT2D eigenvalue weighted by atomic mass is 19.4. The van der Waals surface area contributed by atoms with Crippen LogP contribution < -0.4 is 0 Å². The first-order chi connectivity index (χ1) is 8.74. The summed E-state index contributed by atoms with van der Waals surface area (Å²) in [5.74, 6) is -7.71. The highest BCUT2D eigenvalue weighted by molar-refractivity contribution is 5.87. The number of carbonyl (C=O) groups excluding carboxylic acids is 1. The van der Waals surface area contributed by atoms with E-state index in [0.29, 0.717) is 0 Å². The molecule has 1 unspecified atom stereocenters. The number of ether oxygens (including phenoxy) is 1. The van der Waals surface area contributed by atoms with E-state index in [1.165, 1.54) is 6.92 Å². The highest BCUT2D eigenvalue weighted by Gasteiger charge is 2.67. The Balaban J connectivity index is 5.11. The van der Waals surface area contributed by atoms with Crippen LogP contribution in [-0.2, 0) is 9.53 Å². The summed E-state index contributed by atoms with van der Waals surface area (Å²) in [4.78, 5) is 10.9. The van der Waals surface area contributed by atoms with E-state index in [-0.39, 0.29) is 0 Å². The van der Waals surface area contributed by atoms with E-state index in [9.17, 15) is 39.9 Å². The summed E-state index contributed by atoms with van der Waals surface area (Å²) in [5.41, 5.74) is -0.494. The minimum Gasteiger partial charge on any atom is -0.393 e. The van der Waals surface area contributed by atoms with Gasteiger partial charge >= 0.3 is 24.2 Å². The molecule has 20 heavy (non-hydrogen) atoms. The normalized spacial score (nSPS) is 16.0. The van der Waals surface area contributed by atoms with Gasteiger partial charge in [0, 0.05) is 5.57 Å². The van der Waals surface area contributed by atoms with Gasteiger partial charge in [-0.3, -0.25) is 0 Å². The molecule has 0 spiro atoms. The van der Waals surface area contributed by atoms with E-state index in [1.54, 1.807) is 0 Å². The van der Waals surface area contributed by atoms with E-state index in [1.807, 2.05) is 0 Å². The zero-order chi connectivity index (χ0) is 16.4. The van der Waals surface area contributed by atoms with Gasteiger partial charge in [0.1, 0.15) is 0 Å². The Morgan fingerprint density at radius 2 is 1.60 bits per heavy atom. The third-order valence-electron chi connectivity index (χ3n) is 2.17. The molecule has 0 aromatic rings. The van der Waals surface area contributed by atoms with Gasteiger partial charge in [-0.05, 0) is 13.8 Å². The maximum Gasteiger partial charge on any atom is 0.469 e. The first-order valence-corrected chi connectivity index (χ1v) is 5.07. The highest BCUT2D eigenvalue weighted by Crippen LogP contribution is 2.43. The van der Waals surface area contributed by atoms with Gasteiger partial charge in [0.2, 0.25) is 0 Å². The van der Waals surface area contributed by atoms with E-state index >= 15 is 0 Å². The number of halogens is 8. The molecule has 0 aromatic carbocycles. The molecule has 0 radical (unpaired) electrons. The first kappa shape index (κ1) is 18.7. The quantitative estimate of drug-likeness (QED) is 0.435. The Kier molecular flexibility index (Phi) is 5.56. The molecule has 118 valence electrons. The van der Waals surface area contributed by atoms with Gasteiger partial charge in [0.15, 0.2) is 6.17 Å². The fourth-order valence-corrected chi connectivity index (χ4v) is 0.897. The van der Waals surface area contributed by atoms with Crippen molar-refractivity contribution in [3.05, 3.63) is 11.6 Å². The lowest BCUT2D eigenvalue weighted by Gasteiger charge is -2.28. The summed E-state index contributed by atoms with van der Waals surface area (Å²) >= 11 is 0.